The van der Waals surface area contributed by atoms with Crippen LogP contribution >= 0.6 is 0 Å². The summed E-state index contributed by atoms with van der Waals surface area (Å²) in [7, 11) is 0. The highest BCUT2D eigenvalue weighted by Gasteiger charge is 2.22. The average Bonchev–Trinajstić information content (AvgIpc) is 2.90. The van der Waals surface area contributed by atoms with Crippen LogP contribution in [-0.4, -0.2) is 46.1 Å². The normalized spacial score (nSPS) is 14.2. The van der Waals surface area contributed by atoms with Crippen LogP contribution in [0.2, 0.25) is 0 Å². The van der Waals surface area contributed by atoms with Gasteiger partial charge < -0.3 is 20.6 Å². The van der Waals surface area contributed by atoms with Crippen LogP contribution < -0.4 is 5.32 Å². The molecule has 3 unspecified atom stereocenters. The molecule has 0 spiro atoms. The monoisotopic (exact) mass is 525 g/mol. The van der Waals surface area contributed by atoms with E-state index < -0.39 is 24.2 Å². The second-order valence-electron chi connectivity index (χ2n) is 11.0. The fraction of sp³-hybridized carbons (Fsp3) is 0.906. The fourth-order valence-corrected chi connectivity index (χ4v) is 4.77. The van der Waals surface area contributed by atoms with Crippen molar-refractivity contribution in [3.05, 3.63) is 12.2 Å². The summed E-state index contributed by atoms with van der Waals surface area (Å²) in [4.78, 5) is 12.3. The Kier molecular flexibility index (Phi) is 27.4. The van der Waals surface area contributed by atoms with E-state index >= 15 is 0 Å². The number of hydrogen-bond acceptors (Lipinski definition) is 4. The van der Waals surface area contributed by atoms with E-state index in [0.29, 0.717) is 6.42 Å². The number of rotatable bonds is 28. The van der Waals surface area contributed by atoms with Gasteiger partial charge in [0.05, 0.1) is 18.8 Å². The number of hydrogen-bond donors (Lipinski definition) is 4. The molecule has 0 radical (unpaired) electrons. The SMILES string of the molecule is CCCCCCCCCCCCCC/C=C/C(O)C(CO)NC(=O)C(O)CCCCCCCCCCC. The second kappa shape index (κ2) is 28.1. The Bertz CT molecular complexity index is 511. The van der Waals surface area contributed by atoms with E-state index in [4.69, 9.17) is 0 Å². The minimum atomic E-state index is -1.09. The summed E-state index contributed by atoms with van der Waals surface area (Å²) in [6, 6.07) is -0.788. The average molecular weight is 526 g/mol. The zero-order valence-corrected chi connectivity index (χ0v) is 24.6. The molecular formula is C32H63NO4. The predicted octanol–water partition coefficient (Wildman–Crippen LogP) is 7.75. The third-order valence-corrected chi connectivity index (χ3v) is 7.38. The Morgan fingerprint density at radius 3 is 1.49 bits per heavy atom. The lowest BCUT2D eigenvalue weighted by Crippen LogP contribution is -2.48. The number of carbonyl (C=O) groups excluding carboxylic acids is 1. The zero-order chi connectivity index (χ0) is 27.4. The first kappa shape index (κ1) is 36.1. The van der Waals surface area contributed by atoms with E-state index in [-0.39, 0.29) is 6.61 Å². The summed E-state index contributed by atoms with van der Waals surface area (Å²) >= 11 is 0. The van der Waals surface area contributed by atoms with E-state index in [0.717, 1.165) is 32.1 Å². The Morgan fingerprint density at radius 1 is 0.649 bits per heavy atom. The molecule has 5 nitrogen and oxygen atoms in total. The molecule has 37 heavy (non-hydrogen) atoms. The van der Waals surface area contributed by atoms with Crippen molar-refractivity contribution in [3.8, 4) is 0 Å². The maximum atomic E-state index is 12.3. The van der Waals surface area contributed by atoms with Crippen molar-refractivity contribution in [2.45, 2.75) is 180 Å². The molecule has 0 aliphatic carbocycles. The van der Waals surface area contributed by atoms with Crippen LogP contribution in [0.4, 0.5) is 0 Å². The van der Waals surface area contributed by atoms with Crippen molar-refractivity contribution in [2.75, 3.05) is 6.61 Å². The maximum Gasteiger partial charge on any atom is 0.249 e. The van der Waals surface area contributed by atoms with Crippen molar-refractivity contribution < 1.29 is 20.1 Å². The standard InChI is InChI=1S/C32H63NO4/c1-3-5-7-9-11-13-14-15-16-17-19-20-22-24-26-30(35)29(28-34)33-32(37)31(36)27-25-23-21-18-12-10-8-6-4-2/h24,26,29-31,34-36H,3-23,25,27-28H2,1-2H3,(H,33,37)/b26-24+. The van der Waals surface area contributed by atoms with Gasteiger partial charge in [0, 0.05) is 0 Å². The quantitative estimate of drug-likeness (QED) is 0.0621. The molecule has 0 heterocycles. The van der Waals surface area contributed by atoms with Crippen LogP contribution in [0, 0.1) is 0 Å². The van der Waals surface area contributed by atoms with Crippen molar-refractivity contribution in [1.82, 2.24) is 5.32 Å². The molecule has 0 aliphatic rings. The number of nitrogens with one attached hydrogen (secondary N) is 1. The van der Waals surface area contributed by atoms with Crippen LogP contribution in [0.15, 0.2) is 12.2 Å². The molecule has 0 aliphatic heterocycles. The lowest BCUT2D eigenvalue weighted by atomic mass is 10.0. The topological polar surface area (TPSA) is 89.8 Å². The van der Waals surface area contributed by atoms with E-state index in [1.165, 1.54) is 109 Å². The molecule has 0 aromatic heterocycles. The van der Waals surface area contributed by atoms with Crippen LogP contribution in [-0.2, 0) is 4.79 Å². The van der Waals surface area contributed by atoms with Gasteiger partial charge in [-0.25, -0.2) is 0 Å². The first-order valence-electron chi connectivity index (χ1n) is 16.0. The van der Waals surface area contributed by atoms with Crippen molar-refractivity contribution in [2.24, 2.45) is 0 Å². The molecule has 0 rings (SSSR count). The van der Waals surface area contributed by atoms with E-state index in [9.17, 15) is 20.1 Å². The van der Waals surface area contributed by atoms with Gasteiger partial charge in [-0.05, 0) is 19.3 Å². The third-order valence-electron chi connectivity index (χ3n) is 7.38. The Labute approximate surface area is 229 Å². The van der Waals surface area contributed by atoms with Gasteiger partial charge in [0.1, 0.15) is 6.10 Å². The molecule has 0 aromatic carbocycles. The van der Waals surface area contributed by atoms with Gasteiger partial charge in [-0.3, -0.25) is 4.79 Å². The zero-order valence-electron chi connectivity index (χ0n) is 24.6. The smallest absolute Gasteiger partial charge is 0.249 e. The summed E-state index contributed by atoms with van der Waals surface area (Å²) in [6.07, 6.45) is 29.4. The Balaban J connectivity index is 3.80. The van der Waals surface area contributed by atoms with Gasteiger partial charge in [0.25, 0.3) is 0 Å². The predicted molar refractivity (Wildman–Crippen MR) is 158 cm³/mol. The van der Waals surface area contributed by atoms with Crippen molar-refractivity contribution >= 4 is 5.91 Å². The van der Waals surface area contributed by atoms with Crippen LogP contribution in [0.1, 0.15) is 162 Å². The summed E-state index contributed by atoms with van der Waals surface area (Å²) in [5, 5.41) is 32.7. The first-order chi connectivity index (χ1) is 18.1. The number of aliphatic hydroxyl groups is 3. The highest BCUT2D eigenvalue weighted by Crippen LogP contribution is 2.14. The van der Waals surface area contributed by atoms with E-state index in [1.807, 2.05) is 6.08 Å². The molecule has 1 amide bonds. The maximum absolute atomic E-state index is 12.3. The van der Waals surface area contributed by atoms with Gasteiger partial charge in [-0.15, -0.1) is 0 Å². The summed E-state index contributed by atoms with van der Waals surface area (Å²) in [6.45, 7) is 4.12. The van der Waals surface area contributed by atoms with E-state index in [1.54, 1.807) is 6.08 Å². The first-order valence-corrected chi connectivity index (χ1v) is 16.0. The lowest BCUT2D eigenvalue weighted by Gasteiger charge is -2.21. The van der Waals surface area contributed by atoms with Gasteiger partial charge in [0.15, 0.2) is 0 Å². The number of allylic oxidation sites excluding steroid dienone is 1. The highest BCUT2D eigenvalue weighted by molar-refractivity contribution is 5.80. The molecule has 220 valence electrons. The largest absolute Gasteiger partial charge is 0.394 e. The molecular weight excluding hydrogens is 462 g/mol. The fourth-order valence-electron chi connectivity index (χ4n) is 4.77. The molecule has 0 bridgehead atoms. The molecule has 4 N–H and O–H groups in total. The Hall–Kier alpha value is -0.910. The van der Waals surface area contributed by atoms with Gasteiger partial charge in [-0.1, -0.05) is 154 Å². The van der Waals surface area contributed by atoms with Crippen molar-refractivity contribution in [1.29, 1.82) is 0 Å². The Morgan fingerprint density at radius 2 is 1.05 bits per heavy atom. The second-order valence-corrected chi connectivity index (χ2v) is 11.0. The highest BCUT2D eigenvalue weighted by atomic mass is 16.3. The molecule has 0 saturated heterocycles. The van der Waals surface area contributed by atoms with Crippen LogP contribution in [0.3, 0.4) is 0 Å². The number of aliphatic hydroxyl groups excluding tert-OH is 3. The number of unbranched alkanes of at least 4 members (excludes halogenated alkanes) is 20. The van der Waals surface area contributed by atoms with Gasteiger partial charge >= 0.3 is 0 Å². The summed E-state index contributed by atoms with van der Waals surface area (Å²) < 4.78 is 0. The molecule has 0 saturated carbocycles. The molecule has 3 atom stereocenters. The van der Waals surface area contributed by atoms with Crippen molar-refractivity contribution in [3.63, 3.8) is 0 Å². The van der Waals surface area contributed by atoms with Gasteiger partial charge in [0.2, 0.25) is 5.91 Å². The number of carbonyl (C=O) groups is 1. The minimum absolute atomic E-state index is 0.361. The summed E-state index contributed by atoms with van der Waals surface area (Å²) in [5.74, 6) is -0.507. The van der Waals surface area contributed by atoms with Gasteiger partial charge in [-0.2, -0.15) is 0 Å². The summed E-state index contributed by atoms with van der Waals surface area (Å²) in [5.41, 5.74) is 0. The third kappa shape index (κ3) is 23.9. The molecule has 0 aromatic rings. The molecule has 5 heteroatoms. The van der Waals surface area contributed by atoms with Crippen LogP contribution in [0.25, 0.3) is 0 Å². The minimum Gasteiger partial charge on any atom is -0.394 e. The lowest BCUT2D eigenvalue weighted by molar-refractivity contribution is -0.131. The molecule has 0 fully saturated rings. The van der Waals surface area contributed by atoms with E-state index in [2.05, 4.69) is 19.2 Å². The van der Waals surface area contributed by atoms with Crippen LogP contribution in [0.5, 0.6) is 0 Å². The number of amides is 1.